The molecule has 0 fully saturated rings. The quantitative estimate of drug-likeness (QED) is 0.848. The van der Waals surface area contributed by atoms with Crippen molar-refractivity contribution in [2.45, 2.75) is 0 Å². The molecule has 0 radical (unpaired) electrons. The molecule has 2 aromatic carbocycles. The van der Waals surface area contributed by atoms with E-state index in [2.05, 4.69) is 5.32 Å². The van der Waals surface area contributed by atoms with Gasteiger partial charge in [0.2, 0.25) is 5.91 Å². The lowest BCUT2D eigenvalue weighted by atomic mass is 10.2. The molecule has 1 N–H and O–H groups in total. The zero-order chi connectivity index (χ0) is 13.5. The van der Waals surface area contributed by atoms with Gasteiger partial charge in [-0.2, -0.15) is 5.26 Å². The molecular formula is C16H12N2O. The summed E-state index contributed by atoms with van der Waals surface area (Å²) in [5.74, 6) is -0.258. The van der Waals surface area contributed by atoms with Gasteiger partial charge in [0.1, 0.15) is 6.07 Å². The van der Waals surface area contributed by atoms with E-state index in [1.807, 2.05) is 36.4 Å². The lowest BCUT2D eigenvalue weighted by Gasteiger charge is -2.03. The van der Waals surface area contributed by atoms with Gasteiger partial charge in [0.25, 0.3) is 0 Å². The minimum atomic E-state index is -0.258. The number of nitriles is 1. The van der Waals surface area contributed by atoms with E-state index in [-0.39, 0.29) is 5.91 Å². The second kappa shape index (κ2) is 6.18. The van der Waals surface area contributed by atoms with Crippen molar-refractivity contribution in [1.82, 2.24) is 0 Å². The van der Waals surface area contributed by atoms with E-state index < -0.39 is 0 Å². The second-order valence-corrected chi connectivity index (χ2v) is 3.89. The number of hydrogen-bond acceptors (Lipinski definition) is 2. The first kappa shape index (κ1) is 12.6. The molecule has 0 saturated carbocycles. The van der Waals surface area contributed by atoms with Crippen LogP contribution in [0.5, 0.6) is 0 Å². The maximum atomic E-state index is 11.7. The third kappa shape index (κ3) is 3.55. The molecule has 3 heteroatoms. The molecule has 0 saturated heterocycles. The fourth-order valence-electron chi connectivity index (χ4n) is 1.60. The Bertz CT molecular complexity index is 639. The summed E-state index contributed by atoms with van der Waals surface area (Å²) >= 11 is 0. The number of nitrogens with one attached hydrogen (secondary N) is 1. The number of nitrogens with zero attached hydrogens (tertiary/aromatic N) is 1. The summed E-state index contributed by atoms with van der Waals surface area (Å²) in [6.07, 6.45) is 3.17. The van der Waals surface area contributed by atoms with Gasteiger partial charge in [0, 0.05) is 6.08 Å². The number of rotatable bonds is 3. The van der Waals surface area contributed by atoms with Gasteiger partial charge >= 0.3 is 0 Å². The van der Waals surface area contributed by atoms with E-state index in [4.69, 9.17) is 5.26 Å². The fraction of sp³-hybridized carbons (Fsp3) is 0. The number of anilines is 1. The summed E-state index contributed by atoms with van der Waals surface area (Å²) in [4.78, 5) is 11.7. The molecular weight excluding hydrogens is 236 g/mol. The van der Waals surface area contributed by atoms with Gasteiger partial charge in [-0.1, -0.05) is 42.5 Å². The number of benzene rings is 2. The molecule has 1 amide bonds. The van der Waals surface area contributed by atoms with Gasteiger partial charge < -0.3 is 5.32 Å². The number of carbonyl (C=O) groups is 1. The normalized spacial score (nSPS) is 10.1. The molecule has 19 heavy (non-hydrogen) atoms. The highest BCUT2D eigenvalue weighted by atomic mass is 16.1. The Hall–Kier alpha value is -2.86. The van der Waals surface area contributed by atoms with Crippen LogP contribution in [0.15, 0.2) is 60.7 Å². The summed E-state index contributed by atoms with van der Waals surface area (Å²) in [6.45, 7) is 0. The van der Waals surface area contributed by atoms with E-state index in [1.165, 1.54) is 6.08 Å². The summed E-state index contributed by atoms with van der Waals surface area (Å²) < 4.78 is 0. The monoisotopic (exact) mass is 248 g/mol. The Morgan fingerprint density at radius 1 is 1.05 bits per heavy atom. The zero-order valence-corrected chi connectivity index (χ0v) is 10.2. The van der Waals surface area contributed by atoms with Crippen molar-refractivity contribution in [2.75, 3.05) is 5.32 Å². The zero-order valence-electron chi connectivity index (χ0n) is 10.2. The van der Waals surface area contributed by atoms with Crippen LogP contribution in [0.4, 0.5) is 5.69 Å². The van der Waals surface area contributed by atoms with Crippen LogP contribution < -0.4 is 5.32 Å². The Balaban J connectivity index is 2.06. The van der Waals surface area contributed by atoms with Crippen LogP contribution in [0.3, 0.4) is 0 Å². The van der Waals surface area contributed by atoms with Crippen molar-refractivity contribution in [2.24, 2.45) is 0 Å². The van der Waals surface area contributed by atoms with Crippen molar-refractivity contribution in [3.8, 4) is 6.07 Å². The van der Waals surface area contributed by atoms with Crippen molar-refractivity contribution < 1.29 is 4.79 Å². The first-order valence-corrected chi connectivity index (χ1v) is 5.83. The van der Waals surface area contributed by atoms with Crippen molar-refractivity contribution in [1.29, 1.82) is 5.26 Å². The highest BCUT2D eigenvalue weighted by molar-refractivity contribution is 6.02. The number of amides is 1. The first-order valence-electron chi connectivity index (χ1n) is 5.83. The lowest BCUT2D eigenvalue weighted by molar-refractivity contribution is -0.111. The van der Waals surface area contributed by atoms with Gasteiger partial charge in [-0.3, -0.25) is 4.79 Å². The molecule has 0 unspecified atom stereocenters. The topological polar surface area (TPSA) is 52.9 Å². The molecule has 0 atom stereocenters. The number of para-hydroxylation sites is 1. The van der Waals surface area contributed by atoms with Crippen molar-refractivity contribution in [3.63, 3.8) is 0 Å². The SMILES string of the molecule is N#Cc1ccccc1NC(=O)/C=C\c1ccccc1. The lowest BCUT2D eigenvalue weighted by Crippen LogP contribution is -2.08. The molecule has 0 aliphatic heterocycles. The van der Waals surface area contributed by atoms with E-state index >= 15 is 0 Å². The smallest absolute Gasteiger partial charge is 0.248 e. The van der Waals surface area contributed by atoms with Gasteiger partial charge in [-0.05, 0) is 23.8 Å². The average Bonchev–Trinajstić information content (AvgIpc) is 2.47. The maximum absolute atomic E-state index is 11.7. The molecule has 92 valence electrons. The van der Waals surface area contributed by atoms with E-state index in [1.54, 1.807) is 30.3 Å². The Kier molecular flexibility index (Phi) is 4.09. The maximum Gasteiger partial charge on any atom is 0.248 e. The standard InChI is InChI=1S/C16H12N2O/c17-12-14-8-4-5-9-15(14)18-16(19)11-10-13-6-2-1-3-7-13/h1-11H,(H,18,19)/b11-10-. The molecule has 0 aliphatic rings. The van der Waals surface area contributed by atoms with Gasteiger partial charge in [-0.15, -0.1) is 0 Å². The Morgan fingerprint density at radius 3 is 2.47 bits per heavy atom. The van der Waals surface area contributed by atoms with Crippen molar-refractivity contribution in [3.05, 3.63) is 71.8 Å². The summed E-state index contributed by atoms with van der Waals surface area (Å²) in [5, 5.41) is 11.6. The number of hydrogen-bond donors (Lipinski definition) is 1. The average molecular weight is 248 g/mol. The van der Waals surface area contributed by atoms with E-state index in [0.717, 1.165) is 5.56 Å². The predicted molar refractivity (Wildman–Crippen MR) is 75.3 cm³/mol. The van der Waals surface area contributed by atoms with Crippen LogP contribution in [-0.2, 0) is 4.79 Å². The third-order valence-corrected chi connectivity index (χ3v) is 2.53. The minimum absolute atomic E-state index is 0.258. The van der Waals surface area contributed by atoms with Gasteiger partial charge in [0.05, 0.1) is 11.3 Å². The summed E-state index contributed by atoms with van der Waals surface area (Å²) in [5.41, 5.74) is 1.92. The van der Waals surface area contributed by atoms with Gasteiger partial charge in [0.15, 0.2) is 0 Å². The van der Waals surface area contributed by atoms with Crippen LogP contribution >= 0.6 is 0 Å². The summed E-state index contributed by atoms with van der Waals surface area (Å²) in [7, 11) is 0. The molecule has 2 aromatic rings. The van der Waals surface area contributed by atoms with Crippen LogP contribution in [-0.4, -0.2) is 5.91 Å². The molecule has 0 spiro atoms. The van der Waals surface area contributed by atoms with Gasteiger partial charge in [-0.25, -0.2) is 0 Å². The van der Waals surface area contributed by atoms with Crippen molar-refractivity contribution >= 4 is 17.7 Å². The van der Waals surface area contributed by atoms with E-state index in [9.17, 15) is 4.79 Å². The van der Waals surface area contributed by atoms with Crippen LogP contribution in [0.25, 0.3) is 6.08 Å². The minimum Gasteiger partial charge on any atom is -0.321 e. The van der Waals surface area contributed by atoms with Crippen LogP contribution in [0, 0.1) is 11.3 Å². The van der Waals surface area contributed by atoms with Crippen LogP contribution in [0.2, 0.25) is 0 Å². The highest BCUT2D eigenvalue weighted by Gasteiger charge is 2.02. The second-order valence-electron chi connectivity index (χ2n) is 3.89. The van der Waals surface area contributed by atoms with Crippen LogP contribution in [0.1, 0.15) is 11.1 Å². The molecule has 3 nitrogen and oxygen atoms in total. The molecule has 0 heterocycles. The first-order chi connectivity index (χ1) is 9.29. The third-order valence-electron chi connectivity index (χ3n) is 2.53. The number of carbonyl (C=O) groups excluding carboxylic acids is 1. The predicted octanol–water partition coefficient (Wildman–Crippen LogP) is 3.21. The highest BCUT2D eigenvalue weighted by Crippen LogP contribution is 2.13. The molecule has 0 bridgehead atoms. The Labute approximate surface area is 111 Å². The Morgan fingerprint density at radius 2 is 1.74 bits per heavy atom. The molecule has 0 aliphatic carbocycles. The largest absolute Gasteiger partial charge is 0.321 e. The molecule has 2 rings (SSSR count). The molecule has 0 aromatic heterocycles. The fourth-order valence-corrected chi connectivity index (χ4v) is 1.60. The van der Waals surface area contributed by atoms with E-state index in [0.29, 0.717) is 11.3 Å². The summed E-state index contributed by atoms with van der Waals surface area (Å²) in [6, 6.07) is 18.5.